The second-order valence-corrected chi connectivity index (χ2v) is 4.65. The molecule has 0 aliphatic rings. The first-order chi connectivity index (χ1) is 6.76. The number of hydrogen-bond acceptors (Lipinski definition) is 2. The fourth-order valence-corrected chi connectivity index (χ4v) is 2.18. The van der Waals surface area contributed by atoms with Crippen LogP contribution in [0.2, 0.25) is 0 Å². The Morgan fingerprint density at radius 1 is 1.50 bits per heavy atom. The molecule has 1 aromatic rings. The molecule has 0 saturated carbocycles. The third kappa shape index (κ3) is 3.81. The molecule has 1 aromatic carbocycles. The van der Waals surface area contributed by atoms with Crippen LogP contribution in [0.4, 0.5) is 0 Å². The highest BCUT2D eigenvalue weighted by atomic mass is 35.5. The van der Waals surface area contributed by atoms with Crippen LogP contribution in [-0.4, -0.2) is 18.7 Å². The van der Waals surface area contributed by atoms with Gasteiger partial charge in [0.1, 0.15) is 5.75 Å². The molecule has 0 radical (unpaired) electrons. The molecule has 78 valence electrons. The Balaban J connectivity index is 2.50. The zero-order valence-electron chi connectivity index (χ0n) is 8.50. The summed E-state index contributed by atoms with van der Waals surface area (Å²) in [6.07, 6.45) is 0. The van der Waals surface area contributed by atoms with Crippen molar-refractivity contribution in [2.75, 3.05) is 18.7 Å². The van der Waals surface area contributed by atoms with Crippen molar-refractivity contribution in [3.8, 4) is 5.75 Å². The lowest BCUT2D eigenvalue weighted by Crippen LogP contribution is -1.98. The lowest BCUT2D eigenvalue weighted by molar-refractivity contribution is 0.413. The zero-order valence-corrected chi connectivity index (χ0v) is 10.1. The summed E-state index contributed by atoms with van der Waals surface area (Å²) in [4.78, 5) is 1.24. The molecule has 14 heavy (non-hydrogen) atoms. The smallest absolute Gasteiger partial charge is 0.119 e. The van der Waals surface area contributed by atoms with Gasteiger partial charge in [0.05, 0.1) is 7.11 Å². The van der Waals surface area contributed by atoms with Gasteiger partial charge in [-0.2, -0.15) is 0 Å². The van der Waals surface area contributed by atoms with Crippen LogP contribution < -0.4 is 4.74 Å². The molecule has 0 N–H and O–H groups in total. The Morgan fingerprint density at radius 2 is 2.29 bits per heavy atom. The summed E-state index contributed by atoms with van der Waals surface area (Å²) in [5.41, 5.74) is 0. The van der Waals surface area contributed by atoms with E-state index >= 15 is 0 Å². The van der Waals surface area contributed by atoms with Crippen molar-refractivity contribution in [2.24, 2.45) is 5.92 Å². The van der Waals surface area contributed by atoms with E-state index in [1.165, 1.54) is 4.90 Å². The van der Waals surface area contributed by atoms with Gasteiger partial charge >= 0.3 is 0 Å². The van der Waals surface area contributed by atoms with Crippen molar-refractivity contribution in [2.45, 2.75) is 11.8 Å². The third-order valence-corrected chi connectivity index (χ3v) is 3.69. The van der Waals surface area contributed by atoms with E-state index in [9.17, 15) is 0 Å². The molecule has 1 rings (SSSR count). The Bertz CT molecular complexity index is 278. The van der Waals surface area contributed by atoms with E-state index < -0.39 is 0 Å². The normalized spacial score (nSPS) is 12.5. The van der Waals surface area contributed by atoms with Gasteiger partial charge in [0, 0.05) is 16.5 Å². The number of ether oxygens (including phenoxy) is 1. The number of methoxy groups -OCH3 is 1. The van der Waals surface area contributed by atoms with E-state index in [-0.39, 0.29) is 0 Å². The molecule has 0 bridgehead atoms. The summed E-state index contributed by atoms with van der Waals surface area (Å²) in [7, 11) is 1.69. The molecule has 1 unspecified atom stereocenters. The van der Waals surface area contributed by atoms with E-state index in [0.29, 0.717) is 5.92 Å². The lowest BCUT2D eigenvalue weighted by Gasteiger charge is -2.07. The van der Waals surface area contributed by atoms with E-state index in [2.05, 4.69) is 13.0 Å². The molecule has 3 heteroatoms. The van der Waals surface area contributed by atoms with Gasteiger partial charge in [0.25, 0.3) is 0 Å². The molecule has 0 spiro atoms. The van der Waals surface area contributed by atoms with Crippen molar-refractivity contribution in [1.29, 1.82) is 0 Å². The quantitative estimate of drug-likeness (QED) is 0.564. The third-order valence-electron chi connectivity index (χ3n) is 1.84. The Labute approximate surface area is 94.8 Å². The van der Waals surface area contributed by atoms with Crippen molar-refractivity contribution in [3.63, 3.8) is 0 Å². The Kier molecular flexibility index (Phi) is 5.20. The predicted octanol–water partition coefficient (Wildman–Crippen LogP) is 3.66. The first-order valence-corrected chi connectivity index (χ1v) is 6.11. The molecule has 0 heterocycles. The molecule has 1 nitrogen and oxygen atoms in total. The lowest BCUT2D eigenvalue weighted by atomic mass is 10.3. The van der Waals surface area contributed by atoms with Crippen LogP contribution in [0.25, 0.3) is 0 Å². The van der Waals surface area contributed by atoms with Crippen LogP contribution in [0.15, 0.2) is 29.2 Å². The highest BCUT2D eigenvalue weighted by Gasteiger charge is 2.02. The largest absolute Gasteiger partial charge is 0.497 e. The van der Waals surface area contributed by atoms with Crippen molar-refractivity contribution < 1.29 is 4.74 Å². The summed E-state index contributed by atoms with van der Waals surface area (Å²) in [5, 5.41) is 0. The summed E-state index contributed by atoms with van der Waals surface area (Å²) >= 11 is 7.56. The molecular weight excluding hydrogens is 216 g/mol. The summed E-state index contributed by atoms with van der Waals surface area (Å²) < 4.78 is 5.15. The van der Waals surface area contributed by atoms with Crippen LogP contribution in [-0.2, 0) is 0 Å². The molecule has 0 aliphatic carbocycles. The minimum atomic E-state index is 0.549. The minimum absolute atomic E-state index is 0.549. The van der Waals surface area contributed by atoms with E-state index in [4.69, 9.17) is 16.3 Å². The molecule has 0 aromatic heterocycles. The van der Waals surface area contributed by atoms with Gasteiger partial charge in [-0.25, -0.2) is 0 Å². The van der Waals surface area contributed by atoms with Gasteiger partial charge in [0.15, 0.2) is 0 Å². The summed E-state index contributed by atoms with van der Waals surface area (Å²) in [6, 6.07) is 8.10. The summed E-state index contributed by atoms with van der Waals surface area (Å²) in [6.45, 7) is 2.15. The number of alkyl halides is 1. The molecule has 0 fully saturated rings. The predicted molar refractivity (Wildman–Crippen MR) is 63.6 cm³/mol. The molecule has 1 atom stereocenters. The first-order valence-electron chi connectivity index (χ1n) is 4.59. The number of benzene rings is 1. The highest BCUT2D eigenvalue weighted by Crippen LogP contribution is 2.24. The maximum Gasteiger partial charge on any atom is 0.119 e. The van der Waals surface area contributed by atoms with Gasteiger partial charge in [-0.1, -0.05) is 13.0 Å². The average Bonchev–Trinajstić information content (AvgIpc) is 2.26. The Hall–Kier alpha value is -0.340. The number of thioether (sulfide) groups is 1. The van der Waals surface area contributed by atoms with Gasteiger partial charge < -0.3 is 4.74 Å². The highest BCUT2D eigenvalue weighted by molar-refractivity contribution is 7.99. The van der Waals surface area contributed by atoms with Crippen LogP contribution in [0.5, 0.6) is 5.75 Å². The van der Waals surface area contributed by atoms with Crippen LogP contribution in [0, 0.1) is 5.92 Å². The second kappa shape index (κ2) is 6.20. The van der Waals surface area contributed by atoms with Gasteiger partial charge in [-0.15, -0.1) is 23.4 Å². The first kappa shape index (κ1) is 11.7. The van der Waals surface area contributed by atoms with Crippen LogP contribution in [0.1, 0.15) is 6.92 Å². The van der Waals surface area contributed by atoms with E-state index in [0.717, 1.165) is 17.4 Å². The number of rotatable bonds is 5. The average molecular weight is 231 g/mol. The maximum absolute atomic E-state index is 5.74. The molecule has 0 amide bonds. The SMILES string of the molecule is COc1cccc(SCC(C)CCl)c1. The van der Waals surface area contributed by atoms with Gasteiger partial charge in [0.2, 0.25) is 0 Å². The minimum Gasteiger partial charge on any atom is -0.497 e. The maximum atomic E-state index is 5.74. The Morgan fingerprint density at radius 3 is 2.93 bits per heavy atom. The van der Waals surface area contributed by atoms with Gasteiger partial charge in [-0.05, 0) is 24.1 Å². The van der Waals surface area contributed by atoms with Crippen molar-refractivity contribution in [1.82, 2.24) is 0 Å². The fraction of sp³-hybridized carbons (Fsp3) is 0.455. The monoisotopic (exact) mass is 230 g/mol. The van der Waals surface area contributed by atoms with Crippen molar-refractivity contribution >= 4 is 23.4 Å². The van der Waals surface area contributed by atoms with E-state index in [1.54, 1.807) is 7.11 Å². The van der Waals surface area contributed by atoms with Crippen LogP contribution >= 0.6 is 23.4 Å². The van der Waals surface area contributed by atoms with Crippen LogP contribution in [0.3, 0.4) is 0 Å². The zero-order chi connectivity index (χ0) is 10.4. The number of halogens is 1. The molecule has 0 aliphatic heterocycles. The molecule has 0 saturated heterocycles. The summed E-state index contributed by atoms with van der Waals surface area (Å²) in [5.74, 6) is 3.23. The van der Waals surface area contributed by atoms with E-state index in [1.807, 2.05) is 30.0 Å². The van der Waals surface area contributed by atoms with Gasteiger partial charge in [-0.3, -0.25) is 0 Å². The fourth-order valence-electron chi connectivity index (χ4n) is 0.974. The standard InChI is InChI=1S/C11H15ClOS/c1-9(7-12)8-14-11-5-3-4-10(6-11)13-2/h3-6,9H,7-8H2,1-2H3. The second-order valence-electron chi connectivity index (χ2n) is 3.25. The van der Waals surface area contributed by atoms with Crippen molar-refractivity contribution in [3.05, 3.63) is 24.3 Å². The number of hydrogen-bond donors (Lipinski definition) is 0. The molecular formula is C11H15ClOS. The topological polar surface area (TPSA) is 9.23 Å².